The molecule has 0 aliphatic carbocycles. The first-order valence-corrected chi connectivity index (χ1v) is 5.65. The van der Waals surface area contributed by atoms with Gasteiger partial charge in [-0.15, -0.1) is 0 Å². The Bertz CT molecular complexity index is 331. The van der Waals surface area contributed by atoms with Gasteiger partial charge in [-0.2, -0.15) is 0 Å². The Kier molecular flexibility index (Phi) is 4.33. The van der Waals surface area contributed by atoms with E-state index in [1.165, 1.54) is 0 Å². The third kappa shape index (κ3) is 4.21. The van der Waals surface area contributed by atoms with E-state index in [9.17, 15) is 5.11 Å². The van der Waals surface area contributed by atoms with Gasteiger partial charge in [0.25, 0.3) is 0 Å². The van der Waals surface area contributed by atoms with E-state index in [1.807, 2.05) is 33.0 Å². The molecule has 90 valence electrons. The lowest BCUT2D eigenvalue weighted by atomic mass is 10.1. The Hall–Kier alpha value is -1.06. The number of hydrogen-bond acceptors (Lipinski definition) is 3. The van der Waals surface area contributed by atoms with Crippen LogP contribution in [0.25, 0.3) is 0 Å². The van der Waals surface area contributed by atoms with Gasteiger partial charge in [-0.3, -0.25) is 0 Å². The van der Waals surface area contributed by atoms with Crippen molar-refractivity contribution >= 4 is 5.69 Å². The fourth-order valence-electron chi connectivity index (χ4n) is 1.49. The lowest BCUT2D eigenvalue weighted by Gasteiger charge is -2.24. The first-order chi connectivity index (χ1) is 7.42. The third-order valence-corrected chi connectivity index (χ3v) is 2.65. The number of nitrogens with two attached hydrogens (primary N) is 1. The molecule has 3 N–H and O–H groups in total. The SMILES string of the molecule is CN(CCC(C)(C)O)c1cccc(CN)c1. The number of hydrogen-bond donors (Lipinski definition) is 2. The van der Waals surface area contributed by atoms with E-state index >= 15 is 0 Å². The molecule has 3 nitrogen and oxygen atoms in total. The maximum Gasteiger partial charge on any atom is 0.0608 e. The summed E-state index contributed by atoms with van der Waals surface area (Å²) >= 11 is 0. The molecule has 0 spiro atoms. The first kappa shape index (κ1) is 13.0. The van der Waals surface area contributed by atoms with Crippen molar-refractivity contribution in [2.75, 3.05) is 18.5 Å². The van der Waals surface area contributed by atoms with Crippen molar-refractivity contribution in [2.45, 2.75) is 32.4 Å². The van der Waals surface area contributed by atoms with E-state index < -0.39 is 5.60 Å². The topological polar surface area (TPSA) is 49.5 Å². The molecule has 0 atom stereocenters. The van der Waals surface area contributed by atoms with Gasteiger partial charge in [0.05, 0.1) is 5.60 Å². The molecule has 0 amide bonds. The van der Waals surface area contributed by atoms with Gasteiger partial charge in [0.1, 0.15) is 0 Å². The van der Waals surface area contributed by atoms with Gasteiger partial charge in [-0.05, 0) is 38.0 Å². The average Bonchev–Trinajstić information content (AvgIpc) is 2.25. The number of rotatable bonds is 5. The van der Waals surface area contributed by atoms with Crippen molar-refractivity contribution in [1.82, 2.24) is 0 Å². The van der Waals surface area contributed by atoms with Crippen LogP contribution in [-0.2, 0) is 6.54 Å². The largest absolute Gasteiger partial charge is 0.390 e. The minimum atomic E-state index is -0.611. The molecule has 16 heavy (non-hydrogen) atoms. The molecule has 0 bridgehead atoms. The summed E-state index contributed by atoms with van der Waals surface area (Å²) in [6.07, 6.45) is 0.746. The highest BCUT2D eigenvalue weighted by atomic mass is 16.3. The highest BCUT2D eigenvalue weighted by Gasteiger charge is 2.13. The van der Waals surface area contributed by atoms with Crippen molar-refractivity contribution < 1.29 is 5.11 Å². The Morgan fingerprint density at radius 2 is 2.06 bits per heavy atom. The summed E-state index contributed by atoms with van der Waals surface area (Å²) in [5.41, 5.74) is 7.27. The van der Waals surface area contributed by atoms with Gasteiger partial charge in [0, 0.05) is 25.8 Å². The van der Waals surface area contributed by atoms with Crippen LogP contribution in [0.4, 0.5) is 5.69 Å². The van der Waals surface area contributed by atoms with Crippen LogP contribution in [0.5, 0.6) is 0 Å². The maximum atomic E-state index is 9.67. The molecular formula is C13H22N2O. The smallest absolute Gasteiger partial charge is 0.0608 e. The van der Waals surface area contributed by atoms with Crippen LogP contribution >= 0.6 is 0 Å². The molecule has 1 aromatic carbocycles. The van der Waals surface area contributed by atoms with Crippen LogP contribution in [0.1, 0.15) is 25.8 Å². The van der Waals surface area contributed by atoms with Crippen LogP contribution in [0, 0.1) is 0 Å². The summed E-state index contributed by atoms with van der Waals surface area (Å²) in [6.45, 7) is 5.05. The predicted octanol–water partition coefficient (Wildman–Crippen LogP) is 1.74. The molecule has 0 unspecified atom stereocenters. The molecule has 0 heterocycles. The summed E-state index contributed by atoms with van der Waals surface area (Å²) in [6, 6.07) is 8.18. The molecule has 0 radical (unpaired) electrons. The Balaban J connectivity index is 2.62. The summed E-state index contributed by atoms with van der Waals surface area (Å²) < 4.78 is 0. The minimum absolute atomic E-state index is 0.563. The monoisotopic (exact) mass is 222 g/mol. The van der Waals surface area contributed by atoms with E-state index in [4.69, 9.17) is 5.73 Å². The quantitative estimate of drug-likeness (QED) is 0.798. The van der Waals surface area contributed by atoms with E-state index in [-0.39, 0.29) is 0 Å². The molecule has 0 aliphatic rings. The lowest BCUT2D eigenvalue weighted by molar-refractivity contribution is 0.0734. The standard InChI is InChI=1S/C13H22N2O/c1-13(2,16)7-8-15(3)12-6-4-5-11(9-12)10-14/h4-6,9,16H,7-8,10,14H2,1-3H3. The molecule has 0 aromatic heterocycles. The fraction of sp³-hybridized carbons (Fsp3) is 0.538. The molecule has 3 heteroatoms. The Labute approximate surface area is 97.9 Å². The molecule has 0 saturated carbocycles. The average molecular weight is 222 g/mol. The molecular weight excluding hydrogens is 200 g/mol. The summed E-state index contributed by atoms with van der Waals surface area (Å²) in [5, 5.41) is 9.67. The van der Waals surface area contributed by atoms with Crippen LogP contribution in [0.15, 0.2) is 24.3 Å². The summed E-state index contributed by atoms with van der Waals surface area (Å²) in [4.78, 5) is 2.14. The fourth-order valence-corrected chi connectivity index (χ4v) is 1.49. The number of aliphatic hydroxyl groups is 1. The molecule has 1 aromatic rings. The highest BCUT2D eigenvalue weighted by molar-refractivity contribution is 5.47. The number of benzene rings is 1. The highest BCUT2D eigenvalue weighted by Crippen LogP contribution is 2.16. The minimum Gasteiger partial charge on any atom is -0.390 e. The van der Waals surface area contributed by atoms with Crippen molar-refractivity contribution in [3.8, 4) is 0 Å². The Morgan fingerprint density at radius 3 is 2.62 bits per heavy atom. The van der Waals surface area contributed by atoms with Crippen molar-refractivity contribution in [2.24, 2.45) is 5.73 Å². The summed E-state index contributed by atoms with van der Waals surface area (Å²) in [7, 11) is 2.03. The van der Waals surface area contributed by atoms with Crippen LogP contribution in [0.3, 0.4) is 0 Å². The van der Waals surface area contributed by atoms with E-state index in [1.54, 1.807) is 0 Å². The third-order valence-electron chi connectivity index (χ3n) is 2.65. The molecule has 0 saturated heterocycles. The van der Waals surface area contributed by atoms with E-state index in [2.05, 4.69) is 17.0 Å². The second-order valence-corrected chi connectivity index (χ2v) is 4.86. The van der Waals surface area contributed by atoms with Gasteiger partial charge in [-0.1, -0.05) is 12.1 Å². The summed E-state index contributed by atoms with van der Waals surface area (Å²) in [5.74, 6) is 0. The van der Waals surface area contributed by atoms with Crippen molar-refractivity contribution in [3.63, 3.8) is 0 Å². The van der Waals surface area contributed by atoms with Gasteiger partial charge < -0.3 is 15.7 Å². The lowest BCUT2D eigenvalue weighted by Crippen LogP contribution is -2.28. The molecule has 0 aliphatic heterocycles. The maximum absolute atomic E-state index is 9.67. The zero-order valence-electron chi connectivity index (χ0n) is 10.4. The van der Waals surface area contributed by atoms with Gasteiger partial charge in [-0.25, -0.2) is 0 Å². The van der Waals surface area contributed by atoms with Gasteiger partial charge >= 0.3 is 0 Å². The first-order valence-electron chi connectivity index (χ1n) is 5.65. The van der Waals surface area contributed by atoms with Crippen LogP contribution in [-0.4, -0.2) is 24.3 Å². The second-order valence-electron chi connectivity index (χ2n) is 4.86. The second kappa shape index (κ2) is 5.32. The van der Waals surface area contributed by atoms with Crippen LogP contribution < -0.4 is 10.6 Å². The zero-order chi connectivity index (χ0) is 12.2. The molecule has 0 fully saturated rings. The predicted molar refractivity (Wildman–Crippen MR) is 68.5 cm³/mol. The van der Waals surface area contributed by atoms with Crippen molar-refractivity contribution in [1.29, 1.82) is 0 Å². The zero-order valence-corrected chi connectivity index (χ0v) is 10.4. The molecule has 1 rings (SSSR count). The van der Waals surface area contributed by atoms with E-state index in [0.29, 0.717) is 6.54 Å². The van der Waals surface area contributed by atoms with Gasteiger partial charge in [0.15, 0.2) is 0 Å². The number of nitrogens with zero attached hydrogens (tertiary/aromatic N) is 1. The van der Waals surface area contributed by atoms with Crippen LogP contribution in [0.2, 0.25) is 0 Å². The Morgan fingerprint density at radius 1 is 1.38 bits per heavy atom. The number of anilines is 1. The van der Waals surface area contributed by atoms with Crippen molar-refractivity contribution in [3.05, 3.63) is 29.8 Å². The van der Waals surface area contributed by atoms with E-state index in [0.717, 1.165) is 24.2 Å². The normalized spacial score (nSPS) is 11.6. The van der Waals surface area contributed by atoms with Gasteiger partial charge in [0.2, 0.25) is 0 Å².